The first kappa shape index (κ1) is 24.7. The third-order valence-corrected chi connectivity index (χ3v) is 8.51. The molecule has 0 spiro atoms. The third kappa shape index (κ3) is 5.38. The fraction of sp³-hybridized carbons (Fsp3) is 0.407. The van der Waals surface area contributed by atoms with Gasteiger partial charge in [0.15, 0.2) is 0 Å². The highest BCUT2D eigenvalue weighted by molar-refractivity contribution is 7.89. The number of hydrogen-bond donors (Lipinski definition) is 0. The van der Waals surface area contributed by atoms with E-state index in [0.29, 0.717) is 32.9 Å². The molecule has 0 atom stereocenters. The summed E-state index contributed by atoms with van der Waals surface area (Å²) in [7, 11) is -3.06. The molecule has 1 saturated heterocycles. The molecule has 2 aromatic heterocycles. The van der Waals surface area contributed by atoms with Gasteiger partial charge >= 0.3 is 0 Å². The van der Waals surface area contributed by atoms with Gasteiger partial charge in [-0.05, 0) is 43.9 Å². The first-order valence-electron chi connectivity index (χ1n) is 12.6. The Morgan fingerprint density at radius 3 is 2.61 bits per heavy atom. The summed E-state index contributed by atoms with van der Waals surface area (Å²) < 4.78 is 39.8. The maximum Gasteiger partial charge on any atom is 0.214 e. The highest BCUT2D eigenvalue weighted by atomic mass is 32.2. The van der Waals surface area contributed by atoms with Crippen LogP contribution in [0.4, 0.5) is 0 Å². The molecule has 0 bridgehead atoms. The standard InChI is InChI=1S/C27H32N4O4S/c1-2-34-20-26-29-25-18-28-24-17-22(35-19-21-9-4-3-5-10-21)11-12-23(24)27(25)31(26)15-7-6-13-30-14-8-16-36(30,32)33/h3-5,9-12,17-18H,2,6-8,13-16,19-20H2,1H3. The summed E-state index contributed by atoms with van der Waals surface area (Å²) >= 11 is 0. The number of aryl methyl sites for hydroxylation is 1. The van der Waals surface area contributed by atoms with E-state index in [0.717, 1.165) is 64.9 Å². The number of ether oxygens (including phenoxy) is 2. The minimum Gasteiger partial charge on any atom is -0.489 e. The molecule has 9 heteroatoms. The second-order valence-corrected chi connectivity index (χ2v) is 11.1. The number of benzene rings is 2. The lowest BCUT2D eigenvalue weighted by Gasteiger charge is -2.15. The Labute approximate surface area is 211 Å². The van der Waals surface area contributed by atoms with Crippen molar-refractivity contribution >= 4 is 32.0 Å². The van der Waals surface area contributed by atoms with Crippen molar-refractivity contribution in [2.24, 2.45) is 0 Å². The summed E-state index contributed by atoms with van der Waals surface area (Å²) in [5.74, 6) is 1.90. The van der Waals surface area contributed by atoms with Crippen molar-refractivity contribution in [3.05, 3.63) is 66.1 Å². The Bertz CT molecular complexity index is 1440. The van der Waals surface area contributed by atoms with Crippen molar-refractivity contribution in [3.8, 4) is 5.75 Å². The maximum absolute atomic E-state index is 12.1. The van der Waals surface area contributed by atoms with Crippen molar-refractivity contribution in [1.29, 1.82) is 0 Å². The Hall–Kier alpha value is -3.01. The second-order valence-electron chi connectivity index (χ2n) is 9.04. The Morgan fingerprint density at radius 2 is 1.83 bits per heavy atom. The average molecular weight is 509 g/mol. The van der Waals surface area contributed by atoms with E-state index in [2.05, 4.69) is 9.55 Å². The molecular weight excluding hydrogens is 476 g/mol. The maximum atomic E-state index is 12.1. The first-order valence-corrected chi connectivity index (χ1v) is 14.2. The van der Waals surface area contributed by atoms with Gasteiger partial charge in [0.05, 0.1) is 23.0 Å². The van der Waals surface area contributed by atoms with Gasteiger partial charge in [-0.3, -0.25) is 4.98 Å². The Balaban J connectivity index is 1.38. The zero-order valence-electron chi connectivity index (χ0n) is 20.6. The van der Waals surface area contributed by atoms with E-state index in [1.165, 1.54) is 0 Å². The highest BCUT2D eigenvalue weighted by Gasteiger charge is 2.27. The number of pyridine rings is 1. The van der Waals surface area contributed by atoms with Crippen LogP contribution in [0, 0.1) is 0 Å². The summed E-state index contributed by atoms with van der Waals surface area (Å²) in [4.78, 5) is 9.47. The Morgan fingerprint density at radius 1 is 1.00 bits per heavy atom. The molecule has 5 rings (SSSR count). The van der Waals surface area contributed by atoms with Gasteiger partial charge in [0, 0.05) is 37.7 Å². The average Bonchev–Trinajstić information content (AvgIpc) is 3.42. The number of fused-ring (bicyclic) bond motifs is 3. The minimum absolute atomic E-state index is 0.272. The van der Waals surface area contributed by atoms with Gasteiger partial charge in [0.25, 0.3) is 0 Å². The fourth-order valence-electron chi connectivity index (χ4n) is 4.72. The SMILES string of the molecule is CCOCc1nc2cnc3cc(OCc4ccccc4)ccc3c2n1CCCCN1CCCS1(=O)=O. The summed E-state index contributed by atoms with van der Waals surface area (Å²) in [5.41, 5.74) is 3.82. The van der Waals surface area contributed by atoms with Crippen LogP contribution >= 0.6 is 0 Å². The van der Waals surface area contributed by atoms with E-state index >= 15 is 0 Å². The quantitative estimate of drug-likeness (QED) is 0.277. The number of sulfonamides is 1. The van der Waals surface area contributed by atoms with Gasteiger partial charge in [-0.2, -0.15) is 0 Å². The summed E-state index contributed by atoms with van der Waals surface area (Å²) in [6, 6.07) is 16.1. The van der Waals surface area contributed by atoms with Crippen molar-refractivity contribution in [2.75, 3.05) is 25.4 Å². The van der Waals surface area contributed by atoms with Gasteiger partial charge in [-0.25, -0.2) is 17.7 Å². The number of unbranched alkanes of at least 4 members (excludes halogenated alkanes) is 1. The van der Waals surface area contributed by atoms with E-state index in [9.17, 15) is 8.42 Å². The molecule has 2 aromatic carbocycles. The Kier molecular flexibility index (Phi) is 7.50. The van der Waals surface area contributed by atoms with Crippen LogP contribution in [0.25, 0.3) is 21.9 Å². The van der Waals surface area contributed by atoms with Gasteiger partial charge in [-0.1, -0.05) is 30.3 Å². The predicted octanol–water partition coefficient (Wildman–Crippen LogP) is 4.52. The molecular formula is C27H32N4O4S. The van der Waals surface area contributed by atoms with Crippen molar-refractivity contribution in [1.82, 2.24) is 18.8 Å². The van der Waals surface area contributed by atoms with Crippen LogP contribution in [-0.4, -0.2) is 52.7 Å². The lowest BCUT2D eigenvalue weighted by atomic mass is 10.1. The number of nitrogens with zero attached hydrogens (tertiary/aromatic N) is 4. The molecule has 8 nitrogen and oxygen atoms in total. The molecule has 0 N–H and O–H groups in total. The monoisotopic (exact) mass is 508 g/mol. The lowest BCUT2D eigenvalue weighted by molar-refractivity contribution is 0.126. The van der Waals surface area contributed by atoms with Crippen LogP contribution in [-0.2, 0) is 34.5 Å². The van der Waals surface area contributed by atoms with Gasteiger partial charge in [0.2, 0.25) is 10.0 Å². The van der Waals surface area contributed by atoms with E-state index in [4.69, 9.17) is 14.5 Å². The van der Waals surface area contributed by atoms with Crippen molar-refractivity contribution < 1.29 is 17.9 Å². The first-order chi connectivity index (χ1) is 17.5. The zero-order chi connectivity index (χ0) is 25.0. The number of imidazole rings is 1. The van der Waals surface area contributed by atoms with Crippen LogP contribution < -0.4 is 4.74 Å². The molecule has 1 aliphatic heterocycles. The predicted molar refractivity (Wildman–Crippen MR) is 140 cm³/mol. The number of hydrogen-bond acceptors (Lipinski definition) is 6. The molecule has 0 aliphatic carbocycles. The van der Waals surface area contributed by atoms with E-state index < -0.39 is 10.0 Å². The molecule has 0 unspecified atom stereocenters. The van der Waals surface area contributed by atoms with Crippen LogP contribution in [0.1, 0.15) is 37.6 Å². The largest absolute Gasteiger partial charge is 0.489 e. The molecule has 0 amide bonds. The highest BCUT2D eigenvalue weighted by Crippen LogP contribution is 2.29. The minimum atomic E-state index is -3.06. The molecule has 0 radical (unpaired) electrons. The van der Waals surface area contributed by atoms with Crippen molar-refractivity contribution in [2.45, 2.75) is 45.9 Å². The van der Waals surface area contributed by atoms with Crippen LogP contribution in [0.3, 0.4) is 0 Å². The van der Waals surface area contributed by atoms with Crippen LogP contribution in [0.2, 0.25) is 0 Å². The molecule has 0 saturated carbocycles. The zero-order valence-corrected chi connectivity index (χ0v) is 21.4. The number of rotatable bonds is 11. The molecule has 1 fully saturated rings. The van der Waals surface area contributed by atoms with Gasteiger partial charge in [-0.15, -0.1) is 0 Å². The van der Waals surface area contributed by atoms with E-state index in [1.807, 2.05) is 55.5 Å². The summed E-state index contributed by atoms with van der Waals surface area (Å²) in [6.45, 7) is 5.44. The van der Waals surface area contributed by atoms with Crippen molar-refractivity contribution in [3.63, 3.8) is 0 Å². The van der Waals surface area contributed by atoms with Crippen LogP contribution in [0.5, 0.6) is 5.75 Å². The van der Waals surface area contributed by atoms with E-state index in [1.54, 1.807) is 10.5 Å². The smallest absolute Gasteiger partial charge is 0.214 e. The van der Waals surface area contributed by atoms with Gasteiger partial charge < -0.3 is 14.0 Å². The second kappa shape index (κ2) is 10.9. The van der Waals surface area contributed by atoms with Crippen LogP contribution in [0.15, 0.2) is 54.7 Å². The summed E-state index contributed by atoms with van der Waals surface area (Å²) in [5, 5.41) is 1.01. The molecule has 36 heavy (non-hydrogen) atoms. The molecule has 1 aliphatic rings. The lowest BCUT2D eigenvalue weighted by Crippen LogP contribution is -2.26. The summed E-state index contributed by atoms with van der Waals surface area (Å²) in [6.07, 6.45) is 4.18. The molecule has 4 aromatic rings. The molecule has 3 heterocycles. The molecule has 190 valence electrons. The van der Waals surface area contributed by atoms with Gasteiger partial charge in [0.1, 0.15) is 30.3 Å². The topological polar surface area (TPSA) is 86.6 Å². The third-order valence-electron chi connectivity index (χ3n) is 6.55. The number of aromatic nitrogens is 3. The normalized spacial score (nSPS) is 15.7. The fourth-order valence-corrected chi connectivity index (χ4v) is 6.28. The van der Waals surface area contributed by atoms with E-state index in [-0.39, 0.29) is 5.75 Å².